The van der Waals surface area contributed by atoms with Crippen LogP contribution in [0.5, 0.6) is 5.88 Å². The maximum Gasteiger partial charge on any atom is 0.225 e. The highest BCUT2D eigenvalue weighted by Crippen LogP contribution is 2.44. The van der Waals surface area contributed by atoms with E-state index in [-0.39, 0.29) is 17.3 Å². The highest BCUT2D eigenvalue weighted by molar-refractivity contribution is 6.30. The topological polar surface area (TPSA) is 42.4 Å². The summed E-state index contributed by atoms with van der Waals surface area (Å²) in [5.74, 6) is 1.20. The molecule has 4 rings (SSSR count). The number of halogens is 2. The van der Waals surface area contributed by atoms with Gasteiger partial charge in [-0.3, -0.25) is 4.79 Å². The molecule has 1 aromatic heterocycles. The van der Waals surface area contributed by atoms with Gasteiger partial charge in [-0.15, -0.1) is 0 Å². The van der Waals surface area contributed by atoms with Gasteiger partial charge in [0.25, 0.3) is 0 Å². The number of hydrogen-bond donors (Lipinski definition) is 0. The molecule has 160 valence electrons. The zero-order valence-electron chi connectivity index (χ0n) is 17.3. The van der Waals surface area contributed by atoms with Crippen LogP contribution >= 0.6 is 23.2 Å². The summed E-state index contributed by atoms with van der Waals surface area (Å²) in [6.07, 6.45) is 7.19. The summed E-state index contributed by atoms with van der Waals surface area (Å²) < 4.78 is 6.06. The van der Waals surface area contributed by atoms with E-state index in [2.05, 4.69) is 28.9 Å². The summed E-state index contributed by atoms with van der Waals surface area (Å²) in [6.45, 7) is 4.08. The molecule has 1 aliphatic carbocycles. The molecule has 1 aliphatic heterocycles. The molecule has 0 radical (unpaired) electrons. The molecule has 4 nitrogen and oxygen atoms in total. The third-order valence-electron chi connectivity index (χ3n) is 6.58. The van der Waals surface area contributed by atoms with Crippen molar-refractivity contribution in [1.82, 2.24) is 9.88 Å². The van der Waals surface area contributed by atoms with Crippen molar-refractivity contribution in [2.75, 3.05) is 19.7 Å². The molecule has 2 aromatic rings. The van der Waals surface area contributed by atoms with Crippen LogP contribution in [0.4, 0.5) is 0 Å². The van der Waals surface area contributed by atoms with E-state index in [0.29, 0.717) is 36.5 Å². The maximum atomic E-state index is 13.3. The second kappa shape index (κ2) is 9.15. The van der Waals surface area contributed by atoms with Crippen LogP contribution in [0.1, 0.15) is 50.5 Å². The van der Waals surface area contributed by atoms with Crippen molar-refractivity contribution < 1.29 is 9.53 Å². The van der Waals surface area contributed by atoms with Crippen molar-refractivity contribution in [2.24, 2.45) is 11.3 Å². The van der Waals surface area contributed by atoms with Gasteiger partial charge in [-0.25, -0.2) is 4.98 Å². The van der Waals surface area contributed by atoms with E-state index in [1.807, 2.05) is 12.1 Å². The zero-order chi connectivity index (χ0) is 21.1. The molecule has 2 aliphatic rings. The van der Waals surface area contributed by atoms with Crippen LogP contribution in [0.3, 0.4) is 0 Å². The van der Waals surface area contributed by atoms with E-state index in [1.165, 1.54) is 12.0 Å². The molecular weight excluding hydrogens is 419 g/mol. The molecular formula is C24H28Cl2N2O2. The lowest BCUT2D eigenvalue weighted by Crippen LogP contribution is -2.38. The number of hydrogen-bond acceptors (Lipinski definition) is 3. The lowest BCUT2D eigenvalue weighted by Gasteiger charge is -2.30. The zero-order valence-corrected chi connectivity index (χ0v) is 18.8. The molecule has 1 aromatic carbocycles. The number of benzene rings is 1. The van der Waals surface area contributed by atoms with Crippen LogP contribution in [0.2, 0.25) is 10.0 Å². The fraction of sp³-hybridized carbons (Fsp3) is 0.500. The molecule has 0 N–H and O–H groups in total. The second-order valence-electron chi connectivity index (χ2n) is 8.92. The van der Waals surface area contributed by atoms with Crippen LogP contribution in [-0.2, 0) is 4.79 Å². The van der Waals surface area contributed by atoms with Gasteiger partial charge in [0.2, 0.25) is 11.8 Å². The normalized spacial score (nSPS) is 24.8. The third kappa shape index (κ3) is 4.76. The van der Waals surface area contributed by atoms with Crippen molar-refractivity contribution in [3.63, 3.8) is 0 Å². The Labute approximate surface area is 188 Å². The van der Waals surface area contributed by atoms with Crippen molar-refractivity contribution in [2.45, 2.75) is 44.9 Å². The number of carbonyl (C=O) groups is 1. The van der Waals surface area contributed by atoms with Crippen LogP contribution in [0.15, 0.2) is 42.6 Å². The van der Waals surface area contributed by atoms with Gasteiger partial charge in [0, 0.05) is 47.6 Å². The Kier molecular flexibility index (Phi) is 6.54. The lowest BCUT2D eigenvalue weighted by atomic mass is 9.77. The molecule has 2 unspecified atom stereocenters. The first-order valence-corrected chi connectivity index (χ1v) is 11.5. The number of likely N-dealkylation sites (tertiary alicyclic amines) is 1. The molecule has 1 saturated heterocycles. The van der Waals surface area contributed by atoms with E-state index in [9.17, 15) is 4.79 Å². The summed E-state index contributed by atoms with van der Waals surface area (Å²) in [5, 5.41) is 1.30. The molecule has 0 spiro atoms. The van der Waals surface area contributed by atoms with Crippen LogP contribution in [0.25, 0.3) is 0 Å². The van der Waals surface area contributed by atoms with E-state index in [0.717, 1.165) is 30.7 Å². The first-order chi connectivity index (χ1) is 14.4. The second-order valence-corrected chi connectivity index (χ2v) is 9.79. The summed E-state index contributed by atoms with van der Waals surface area (Å²) >= 11 is 12.1. The van der Waals surface area contributed by atoms with Gasteiger partial charge in [0.1, 0.15) is 0 Å². The van der Waals surface area contributed by atoms with Gasteiger partial charge in [-0.2, -0.15) is 0 Å². The van der Waals surface area contributed by atoms with Gasteiger partial charge in [-0.1, -0.05) is 61.5 Å². The maximum absolute atomic E-state index is 13.3. The predicted octanol–water partition coefficient (Wildman–Crippen LogP) is 5.98. The summed E-state index contributed by atoms with van der Waals surface area (Å²) in [6, 6.07) is 11.5. The fourth-order valence-electron chi connectivity index (χ4n) is 4.86. The smallest absolute Gasteiger partial charge is 0.225 e. The predicted molar refractivity (Wildman–Crippen MR) is 120 cm³/mol. The first kappa shape index (κ1) is 21.5. The number of amides is 1. The molecule has 1 saturated carbocycles. The Balaban J connectivity index is 1.54. The van der Waals surface area contributed by atoms with Gasteiger partial charge >= 0.3 is 0 Å². The minimum absolute atomic E-state index is 0.172. The molecule has 0 bridgehead atoms. The van der Waals surface area contributed by atoms with E-state index in [1.54, 1.807) is 18.3 Å². The first-order valence-electron chi connectivity index (χ1n) is 10.7. The Morgan fingerprint density at radius 1 is 1.10 bits per heavy atom. The van der Waals surface area contributed by atoms with Crippen molar-refractivity contribution in [3.8, 4) is 5.88 Å². The molecule has 1 amide bonds. The van der Waals surface area contributed by atoms with E-state index >= 15 is 0 Å². The summed E-state index contributed by atoms with van der Waals surface area (Å²) in [5.41, 5.74) is 0.966. The molecule has 30 heavy (non-hydrogen) atoms. The molecule has 6 heteroatoms. The molecule has 2 atom stereocenters. The van der Waals surface area contributed by atoms with Gasteiger partial charge in [-0.05, 0) is 36.6 Å². The van der Waals surface area contributed by atoms with E-state index < -0.39 is 0 Å². The average molecular weight is 447 g/mol. The Hall–Kier alpha value is -1.78. The summed E-state index contributed by atoms with van der Waals surface area (Å²) in [7, 11) is 0. The van der Waals surface area contributed by atoms with E-state index in [4.69, 9.17) is 27.9 Å². The highest BCUT2D eigenvalue weighted by Gasteiger charge is 2.47. The van der Waals surface area contributed by atoms with Crippen LogP contribution in [0, 0.1) is 11.3 Å². The van der Waals surface area contributed by atoms with Crippen molar-refractivity contribution in [1.29, 1.82) is 0 Å². The number of carbonyl (C=O) groups excluding carboxylic acids is 1. The van der Waals surface area contributed by atoms with Gasteiger partial charge in [0.05, 0.1) is 11.6 Å². The molecule has 2 heterocycles. The quantitative estimate of drug-likeness (QED) is 0.566. The number of pyridine rings is 1. The summed E-state index contributed by atoms with van der Waals surface area (Å²) in [4.78, 5) is 19.6. The number of nitrogens with zero attached hydrogens (tertiary/aromatic N) is 2. The number of rotatable bonds is 5. The average Bonchev–Trinajstić information content (AvgIpc) is 3.12. The standard InChI is InChI=1S/C24H28Cl2N2O2/c1-24(16-30-22-12-11-20(26)13-27-22)15-28(23(29)18-5-3-2-4-6-18)14-21(24)17-7-9-19(25)10-8-17/h7-13,18,21H,2-6,14-16H2,1H3. The molecule has 2 fully saturated rings. The lowest BCUT2D eigenvalue weighted by molar-refractivity contribution is -0.135. The van der Waals surface area contributed by atoms with Gasteiger partial charge < -0.3 is 9.64 Å². The van der Waals surface area contributed by atoms with Crippen LogP contribution in [-0.4, -0.2) is 35.5 Å². The monoisotopic (exact) mass is 446 g/mol. The SMILES string of the molecule is CC1(COc2ccc(Cl)cn2)CN(C(=O)C2CCCCC2)CC1c1ccc(Cl)cc1. The largest absolute Gasteiger partial charge is 0.477 e. The highest BCUT2D eigenvalue weighted by atomic mass is 35.5. The number of ether oxygens (including phenoxy) is 1. The number of aromatic nitrogens is 1. The van der Waals surface area contributed by atoms with Gasteiger partial charge in [0.15, 0.2) is 0 Å². The van der Waals surface area contributed by atoms with Crippen molar-refractivity contribution in [3.05, 3.63) is 58.2 Å². The minimum atomic E-state index is -0.223. The Bertz CT molecular complexity index is 866. The fourth-order valence-corrected chi connectivity index (χ4v) is 5.10. The third-order valence-corrected chi connectivity index (χ3v) is 7.06. The van der Waals surface area contributed by atoms with Crippen LogP contribution < -0.4 is 4.74 Å². The van der Waals surface area contributed by atoms with Crippen molar-refractivity contribution >= 4 is 29.1 Å². The Morgan fingerprint density at radius 3 is 2.47 bits per heavy atom. The minimum Gasteiger partial charge on any atom is -0.477 e. The Morgan fingerprint density at radius 2 is 1.80 bits per heavy atom.